The number of rotatable bonds is 3. The van der Waals surface area contributed by atoms with Crippen LogP contribution < -0.4 is 10.9 Å². The largest absolute Gasteiger partial charge is 0.360 e. The first-order valence-corrected chi connectivity index (χ1v) is 6.08. The van der Waals surface area contributed by atoms with E-state index in [4.69, 9.17) is 0 Å². The Kier molecular flexibility index (Phi) is 3.73. The van der Waals surface area contributed by atoms with Crippen molar-refractivity contribution in [3.05, 3.63) is 16.7 Å². The lowest BCUT2D eigenvalue weighted by molar-refractivity contribution is 0.226. The Morgan fingerprint density at radius 3 is 3.18 bits per heavy atom. The van der Waals surface area contributed by atoms with Crippen LogP contribution >= 0.6 is 0 Å². The van der Waals surface area contributed by atoms with E-state index in [0.717, 1.165) is 32.5 Å². The fourth-order valence-electron chi connectivity index (χ4n) is 2.17. The Labute approximate surface area is 101 Å². The molecule has 6 nitrogen and oxygen atoms in total. The van der Waals surface area contributed by atoms with E-state index >= 15 is 0 Å². The molecule has 1 aromatic rings. The van der Waals surface area contributed by atoms with Crippen molar-refractivity contribution in [1.82, 2.24) is 19.7 Å². The Hall–Kier alpha value is -1.43. The van der Waals surface area contributed by atoms with E-state index in [-0.39, 0.29) is 5.56 Å². The van der Waals surface area contributed by atoms with Crippen LogP contribution in [0.5, 0.6) is 0 Å². The predicted molar refractivity (Wildman–Crippen MR) is 66.0 cm³/mol. The summed E-state index contributed by atoms with van der Waals surface area (Å²) in [6, 6.07) is 0.299. The number of piperidine rings is 1. The molecule has 2 rings (SSSR count). The number of aromatic nitrogens is 3. The number of anilines is 1. The van der Waals surface area contributed by atoms with E-state index in [0.29, 0.717) is 11.9 Å². The molecule has 1 saturated heterocycles. The summed E-state index contributed by atoms with van der Waals surface area (Å²) in [4.78, 5) is 14.2. The zero-order valence-corrected chi connectivity index (χ0v) is 10.4. The van der Waals surface area contributed by atoms with Gasteiger partial charge in [0.1, 0.15) is 6.33 Å². The van der Waals surface area contributed by atoms with Gasteiger partial charge in [-0.3, -0.25) is 9.36 Å². The van der Waals surface area contributed by atoms with Crippen molar-refractivity contribution in [2.75, 3.05) is 25.0 Å². The summed E-state index contributed by atoms with van der Waals surface area (Å²) in [5, 5.41) is 10.9. The van der Waals surface area contributed by atoms with Crippen LogP contribution in [0.4, 0.5) is 5.82 Å². The number of likely N-dealkylation sites (tertiary alicyclic amines) is 1. The van der Waals surface area contributed by atoms with Crippen molar-refractivity contribution < 1.29 is 0 Å². The number of likely N-dealkylation sites (N-methyl/N-ethyl adjacent to an activating group) is 1. The van der Waals surface area contributed by atoms with Crippen molar-refractivity contribution >= 4 is 5.82 Å². The molecule has 0 bridgehead atoms. The van der Waals surface area contributed by atoms with Gasteiger partial charge in [0.05, 0.1) is 0 Å². The highest BCUT2D eigenvalue weighted by Crippen LogP contribution is 2.12. The number of hydrogen-bond donors (Lipinski definition) is 1. The monoisotopic (exact) mass is 237 g/mol. The van der Waals surface area contributed by atoms with Crippen LogP contribution in [0, 0.1) is 0 Å². The van der Waals surface area contributed by atoms with E-state index in [1.54, 1.807) is 7.05 Å². The van der Waals surface area contributed by atoms with Gasteiger partial charge in [0.2, 0.25) is 5.82 Å². The smallest absolute Gasteiger partial charge is 0.296 e. The third-order valence-corrected chi connectivity index (χ3v) is 3.20. The number of aryl methyl sites for hydroxylation is 1. The second-order valence-electron chi connectivity index (χ2n) is 4.47. The van der Waals surface area contributed by atoms with Crippen LogP contribution in [-0.2, 0) is 7.05 Å². The molecule has 0 saturated carbocycles. The minimum atomic E-state index is -0.117. The third-order valence-electron chi connectivity index (χ3n) is 3.20. The Morgan fingerprint density at radius 1 is 1.59 bits per heavy atom. The first kappa shape index (κ1) is 12.0. The molecular weight excluding hydrogens is 218 g/mol. The van der Waals surface area contributed by atoms with Crippen LogP contribution in [0.25, 0.3) is 0 Å². The van der Waals surface area contributed by atoms with Gasteiger partial charge in [-0.05, 0) is 25.9 Å². The first-order valence-electron chi connectivity index (χ1n) is 6.08. The van der Waals surface area contributed by atoms with Crippen LogP contribution in [0.15, 0.2) is 11.1 Å². The summed E-state index contributed by atoms with van der Waals surface area (Å²) in [5.74, 6) is 0.359. The highest BCUT2D eigenvalue weighted by molar-refractivity contribution is 5.31. The minimum Gasteiger partial charge on any atom is -0.360 e. The van der Waals surface area contributed by atoms with Gasteiger partial charge in [-0.15, -0.1) is 10.2 Å². The second-order valence-corrected chi connectivity index (χ2v) is 4.47. The summed E-state index contributed by atoms with van der Waals surface area (Å²) in [6.07, 6.45) is 3.66. The molecular formula is C11H19N5O. The van der Waals surface area contributed by atoms with Crippen LogP contribution in [0.1, 0.15) is 19.8 Å². The van der Waals surface area contributed by atoms with Crippen LogP contribution in [-0.4, -0.2) is 45.3 Å². The number of hydrogen-bond acceptors (Lipinski definition) is 5. The molecule has 1 aromatic heterocycles. The molecule has 17 heavy (non-hydrogen) atoms. The van der Waals surface area contributed by atoms with Gasteiger partial charge in [-0.2, -0.15) is 0 Å². The zero-order valence-electron chi connectivity index (χ0n) is 10.4. The fraction of sp³-hybridized carbons (Fsp3) is 0.727. The molecule has 1 N–H and O–H groups in total. The molecule has 0 radical (unpaired) electrons. The van der Waals surface area contributed by atoms with Crippen molar-refractivity contribution in [1.29, 1.82) is 0 Å². The molecule has 0 amide bonds. The quantitative estimate of drug-likeness (QED) is 0.806. The Morgan fingerprint density at radius 2 is 2.41 bits per heavy atom. The Bertz CT molecular complexity index is 430. The topological polar surface area (TPSA) is 63.0 Å². The van der Waals surface area contributed by atoms with E-state index in [1.165, 1.54) is 10.9 Å². The van der Waals surface area contributed by atoms with Gasteiger partial charge in [0, 0.05) is 19.6 Å². The molecule has 1 atom stereocenters. The average Bonchev–Trinajstić information content (AvgIpc) is 2.35. The van der Waals surface area contributed by atoms with Crippen LogP contribution in [0.3, 0.4) is 0 Å². The molecule has 94 valence electrons. The number of nitrogens with one attached hydrogen (secondary N) is 1. The molecule has 0 aromatic carbocycles. The SMILES string of the molecule is CCN1CCC[C@@H](Nc2nncn(C)c2=O)C1. The van der Waals surface area contributed by atoms with E-state index in [1.807, 2.05) is 0 Å². The lowest BCUT2D eigenvalue weighted by Crippen LogP contribution is -2.43. The molecule has 0 spiro atoms. The average molecular weight is 237 g/mol. The fourth-order valence-corrected chi connectivity index (χ4v) is 2.17. The maximum Gasteiger partial charge on any atom is 0.296 e. The lowest BCUT2D eigenvalue weighted by Gasteiger charge is -2.32. The molecule has 6 heteroatoms. The normalized spacial score (nSPS) is 21.4. The molecule has 2 heterocycles. The summed E-state index contributed by atoms with van der Waals surface area (Å²) in [6.45, 7) is 5.32. The van der Waals surface area contributed by atoms with E-state index < -0.39 is 0 Å². The first-order chi connectivity index (χ1) is 8.20. The summed E-state index contributed by atoms with van der Waals surface area (Å²) in [5.41, 5.74) is -0.117. The molecule has 0 aliphatic carbocycles. The van der Waals surface area contributed by atoms with Crippen molar-refractivity contribution in [2.24, 2.45) is 7.05 Å². The van der Waals surface area contributed by atoms with Gasteiger partial charge in [0.15, 0.2) is 0 Å². The molecule has 0 unspecified atom stereocenters. The molecule has 1 fully saturated rings. The third kappa shape index (κ3) is 2.82. The molecule has 1 aliphatic rings. The highest BCUT2D eigenvalue weighted by Gasteiger charge is 2.19. The van der Waals surface area contributed by atoms with Gasteiger partial charge in [-0.25, -0.2) is 0 Å². The van der Waals surface area contributed by atoms with Gasteiger partial charge >= 0.3 is 0 Å². The van der Waals surface area contributed by atoms with Crippen molar-refractivity contribution in [2.45, 2.75) is 25.8 Å². The van der Waals surface area contributed by atoms with Crippen molar-refractivity contribution in [3.63, 3.8) is 0 Å². The Balaban J connectivity index is 2.05. The van der Waals surface area contributed by atoms with Crippen molar-refractivity contribution in [3.8, 4) is 0 Å². The van der Waals surface area contributed by atoms with Gasteiger partial charge < -0.3 is 10.2 Å². The van der Waals surface area contributed by atoms with E-state index in [2.05, 4.69) is 27.3 Å². The van der Waals surface area contributed by atoms with Gasteiger partial charge in [-0.1, -0.05) is 6.92 Å². The predicted octanol–water partition coefficient (Wildman–Crippen LogP) is 0.0715. The summed E-state index contributed by atoms with van der Waals surface area (Å²) < 4.78 is 1.44. The maximum absolute atomic E-state index is 11.8. The maximum atomic E-state index is 11.8. The zero-order chi connectivity index (χ0) is 12.3. The van der Waals surface area contributed by atoms with Crippen LogP contribution in [0.2, 0.25) is 0 Å². The highest BCUT2D eigenvalue weighted by atomic mass is 16.1. The second kappa shape index (κ2) is 5.27. The lowest BCUT2D eigenvalue weighted by atomic mass is 10.1. The van der Waals surface area contributed by atoms with Gasteiger partial charge in [0.25, 0.3) is 5.56 Å². The molecule has 1 aliphatic heterocycles. The van der Waals surface area contributed by atoms with E-state index in [9.17, 15) is 4.79 Å². The minimum absolute atomic E-state index is 0.117. The number of nitrogens with zero attached hydrogens (tertiary/aromatic N) is 4. The summed E-state index contributed by atoms with van der Waals surface area (Å²) in [7, 11) is 1.68. The standard InChI is InChI=1S/C11H19N5O/c1-3-16-6-4-5-9(7-16)13-10-11(17)15(2)8-12-14-10/h8-9H,3-7H2,1-2H3,(H,13,14)/t9-/m1/s1. The summed E-state index contributed by atoms with van der Waals surface area (Å²) >= 11 is 0.